The molecule has 0 atom stereocenters. The van der Waals surface area contributed by atoms with E-state index < -0.39 is 11.4 Å². The second kappa shape index (κ2) is 8.09. The summed E-state index contributed by atoms with van der Waals surface area (Å²) in [5.41, 5.74) is 1.56. The molecule has 0 aliphatic carbocycles. The maximum atomic E-state index is 13.1. The summed E-state index contributed by atoms with van der Waals surface area (Å²) in [6.07, 6.45) is 0. The first-order valence-corrected chi connectivity index (χ1v) is 9.49. The maximum Gasteiger partial charge on any atom is 0.261 e. The molecular formula is C22H22ClN3O3. The van der Waals surface area contributed by atoms with Gasteiger partial charge in [0.15, 0.2) is 0 Å². The number of nitrogens with zero attached hydrogens (tertiary/aromatic N) is 1. The lowest BCUT2D eigenvalue weighted by Gasteiger charge is -2.21. The molecule has 2 N–H and O–H groups in total. The third-order valence-electron chi connectivity index (χ3n) is 4.13. The molecular weight excluding hydrogens is 390 g/mol. The molecule has 0 spiro atoms. The SMILES string of the molecule is Cc1onc(-c2ccccc2Cl)c1C(=O)Nc1ccccc1C(=O)NC(C)(C)C. The van der Waals surface area contributed by atoms with Crippen molar-refractivity contribution in [2.24, 2.45) is 0 Å². The molecule has 2 amide bonds. The van der Waals surface area contributed by atoms with Crippen LogP contribution < -0.4 is 10.6 Å². The van der Waals surface area contributed by atoms with Crippen molar-refractivity contribution in [2.75, 3.05) is 5.32 Å². The van der Waals surface area contributed by atoms with Crippen LogP contribution >= 0.6 is 11.6 Å². The summed E-state index contributed by atoms with van der Waals surface area (Å²) in [4.78, 5) is 25.7. The zero-order valence-electron chi connectivity index (χ0n) is 16.7. The van der Waals surface area contributed by atoms with Crippen LogP contribution in [0.1, 0.15) is 47.2 Å². The van der Waals surface area contributed by atoms with Gasteiger partial charge in [0.25, 0.3) is 11.8 Å². The number of carbonyl (C=O) groups is 2. The van der Waals surface area contributed by atoms with Crippen molar-refractivity contribution in [2.45, 2.75) is 33.2 Å². The lowest BCUT2D eigenvalue weighted by molar-refractivity contribution is 0.0920. The fraction of sp³-hybridized carbons (Fsp3) is 0.227. The van der Waals surface area contributed by atoms with Crippen molar-refractivity contribution < 1.29 is 14.1 Å². The van der Waals surface area contributed by atoms with E-state index in [1.165, 1.54) is 0 Å². The Hall–Kier alpha value is -3.12. The van der Waals surface area contributed by atoms with Crippen LogP contribution in [0.3, 0.4) is 0 Å². The van der Waals surface area contributed by atoms with Crippen molar-refractivity contribution in [1.29, 1.82) is 0 Å². The molecule has 6 nitrogen and oxygen atoms in total. The predicted octanol–water partition coefficient (Wildman–Crippen LogP) is 5.08. The number of anilines is 1. The molecule has 7 heteroatoms. The third-order valence-corrected chi connectivity index (χ3v) is 4.46. The lowest BCUT2D eigenvalue weighted by Crippen LogP contribution is -2.40. The topological polar surface area (TPSA) is 84.2 Å². The lowest BCUT2D eigenvalue weighted by atomic mass is 10.0. The number of aryl methyl sites for hydroxylation is 1. The molecule has 1 heterocycles. The standard InChI is InChI=1S/C22H22ClN3O3/c1-13-18(19(26-29-13)14-9-5-7-11-16(14)23)21(28)24-17-12-8-6-10-15(17)20(27)25-22(2,3)4/h5-12H,1-4H3,(H,24,28)(H,25,27). The van der Waals surface area contributed by atoms with E-state index in [1.807, 2.05) is 20.8 Å². The summed E-state index contributed by atoms with van der Waals surface area (Å²) in [5, 5.41) is 10.2. The Balaban J connectivity index is 1.95. The number of carbonyl (C=O) groups excluding carboxylic acids is 2. The number of rotatable bonds is 4. The molecule has 150 valence electrons. The molecule has 0 saturated heterocycles. The van der Waals surface area contributed by atoms with Crippen LogP contribution in [-0.2, 0) is 0 Å². The summed E-state index contributed by atoms with van der Waals surface area (Å²) >= 11 is 6.27. The van der Waals surface area contributed by atoms with E-state index in [0.29, 0.717) is 33.3 Å². The van der Waals surface area contributed by atoms with Crippen LogP contribution in [0.4, 0.5) is 5.69 Å². The molecule has 29 heavy (non-hydrogen) atoms. The normalized spacial score (nSPS) is 11.2. The Morgan fingerprint density at radius 3 is 2.34 bits per heavy atom. The van der Waals surface area contributed by atoms with Crippen LogP contribution in [0.5, 0.6) is 0 Å². The van der Waals surface area contributed by atoms with E-state index >= 15 is 0 Å². The van der Waals surface area contributed by atoms with Gasteiger partial charge < -0.3 is 15.2 Å². The predicted molar refractivity (Wildman–Crippen MR) is 113 cm³/mol. The Morgan fingerprint density at radius 1 is 1.00 bits per heavy atom. The number of amides is 2. The molecule has 0 aliphatic rings. The minimum atomic E-state index is -0.435. The molecule has 0 fully saturated rings. The molecule has 1 aromatic heterocycles. The summed E-state index contributed by atoms with van der Waals surface area (Å²) in [6.45, 7) is 7.33. The second-order valence-electron chi connectivity index (χ2n) is 7.65. The van der Waals surface area contributed by atoms with Crippen molar-refractivity contribution in [3.8, 4) is 11.3 Å². The Labute approximate surface area is 174 Å². The number of benzene rings is 2. The highest BCUT2D eigenvalue weighted by Gasteiger charge is 2.25. The van der Waals surface area contributed by atoms with E-state index in [-0.39, 0.29) is 11.5 Å². The van der Waals surface area contributed by atoms with E-state index in [2.05, 4.69) is 15.8 Å². The highest BCUT2D eigenvalue weighted by molar-refractivity contribution is 6.33. The number of hydrogen-bond acceptors (Lipinski definition) is 4. The van der Waals surface area contributed by atoms with Crippen LogP contribution in [0.25, 0.3) is 11.3 Å². The minimum absolute atomic E-state index is 0.268. The van der Waals surface area contributed by atoms with E-state index in [0.717, 1.165) is 0 Å². The third kappa shape index (κ3) is 4.66. The average molecular weight is 412 g/mol. The number of para-hydroxylation sites is 1. The first-order chi connectivity index (χ1) is 13.7. The molecule has 0 radical (unpaired) electrons. The van der Waals surface area contributed by atoms with E-state index in [4.69, 9.17) is 16.1 Å². The zero-order valence-corrected chi connectivity index (χ0v) is 17.4. The number of hydrogen-bond donors (Lipinski definition) is 2. The van der Waals surface area contributed by atoms with Gasteiger partial charge in [-0.15, -0.1) is 0 Å². The summed E-state index contributed by atoms with van der Waals surface area (Å²) in [6, 6.07) is 13.9. The van der Waals surface area contributed by atoms with Gasteiger partial charge in [0.1, 0.15) is 17.0 Å². The monoisotopic (exact) mass is 411 g/mol. The Kier molecular flexibility index (Phi) is 5.75. The molecule has 0 aliphatic heterocycles. The van der Waals surface area contributed by atoms with Crippen LogP contribution in [0.15, 0.2) is 53.1 Å². The first-order valence-electron chi connectivity index (χ1n) is 9.11. The van der Waals surface area contributed by atoms with Crippen molar-refractivity contribution >= 4 is 29.1 Å². The Morgan fingerprint density at radius 2 is 1.66 bits per heavy atom. The van der Waals surface area contributed by atoms with Gasteiger partial charge in [-0.25, -0.2) is 0 Å². The van der Waals surface area contributed by atoms with Gasteiger partial charge in [0.2, 0.25) is 0 Å². The quantitative estimate of drug-likeness (QED) is 0.626. The van der Waals surface area contributed by atoms with E-state index in [9.17, 15) is 9.59 Å². The van der Waals surface area contributed by atoms with Gasteiger partial charge in [0, 0.05) is 11.1 Å². The second-order valence-corrected chi connectivity index (χ2v) is 8.05. The highest BCUT2D eigenvalue weighted by atomic mass is 35.5. The van der Waals surface area contributed by atoms with Crippen LogP contribution in [-0.4, -0.2) is 22.5 Å². The highest BCUT2D eigenvalue weighted by Crippen LogP contribution is 2.31. The fourth-order valence-corrected chi connectivity index (χ4v) is 3.08. The molecule has 0 unspecified atom stereocenters. The molecule has 3 aromatic rings. The van der Waals surface area contributed by atoms with Gasteiger partial charge in [-0.05, 0) is 45.9 Å². The van der Waals surface area contributed by atoms with Gasteiger partial charge >= 0.3 is 0 Å². The zero-order chi connectivity index (χ0) is 21.2. The molecule has 0 bridgehead atoms. The van der Waals surface area contributed by atoms with Crippen molar-refractivity contribution in [3.05, 3.63) is 70.4 Å². The van der Waals surface area contributed by atoms with Crippen LogP contribution in [0, 0.1) is 6.92 Å². The van der Waals surface area contributed by atoms with Crippen LogP contribution in [0.2, 0.25) is 5.02 Å². The maximum absolute atomic E-state index is 13.1. The summed E-state index contributed by atoms with van der Waals surface area (Å²) in [5.74, 6) is -0.356. The number of aromatic nitrogens is 1. The van der Waals surface area contributed by atoms with Gasteiger partial charge in [-0.3, -0.25) is 9.59 Å². The number of nitrogens with one attached hydrogen (secondary N) is 2. The largest absolute Gasteiger partial charge is 0.360 e. The smallest absolute Gasteiger partial charge is 0.261 e. The van der Waals surface area contributed by atoms with Gasteiger partial charge in [-0.1, -0.05) is 47.1 Å². The molecule has 3 rings (SSSR count). The average Bonchev–Trinajstić information content (AvgIpc) is 3.02. The number of halogens is 1. The van der Waals surface area contributed by atoms with Gasteiger partial charge in [0.05, 0.1) is 16.3 Å². The summed E-state index contributed by atoms with van der Waals surface area (Å²) in [7, 11) is 0. The molecule has 2 aromatic carbocycles. The van der Waals surface area contributed by atoms with Gasteiger partial charge in [-0.2, -0.15) is 0 Å². The Bertz CT molecular complexity index is 1070. The first kappa shape index (κ1) is 20.6. The molecule has 0 saturated carbocycles. The van der Waals surface area contributed by atoms with E-state index in [1.54, 1.807) is 55.5 Å². The minimum Gasteiger partial charge on any atom is -0.360 e. The van der Waals surface area contributed by atoms with Crippen molar-refractivity contribution in [3.63, 3.8) is 0 Å². The fourth-order valence-electron chi connectivity index (χ4n) is 2.86. The summed E-state index contributed by atoms with van der Waals surface area (Å²) < 4.78 is 5.26. The van der Waals surface area contributed by atoms with Crippen molar-refractivity contribution in [1.82, 2.24) is 10.5 Å².